The van der Waals surface area contributed by atoms with E-state index in [2.05, 4.69) is 5.32 Å². The fourth-order valence-corrected chi connectivity index (χ4v) is 1.49. The van der Waals surface area contributed by atoms with Gasteiger partial charge in [-0.3, -0.25) is 9.59 Å². The lowest BCUT2D eigenvalue weighted by Crippen LogP contribution is -2.57. The van der Waals surface area contributed by atoms with Crippen LogP contribution in [0.15, 0.2) is 18.2 Å². The summed E-state index contributed by atoms with van der Waals surface area (Å²) in [6, 6.07) is 2.58. The molecule has 5 nitrogen and oxygen atoms in total. The van der Waals surface area contributed by atoms with Crippen molar-refractivity contribution in [1.82, 2.24) is 0 Å². The minimum absolute atomic E-state index is 0.267. The number of carbonyl (C=O) groups excluding carboxylic acids is 1. The summed E-state index contributed by atoms with van der Waals surface area (Å²) in [6.07, 6.45) is 0. The zero-order valence-corrected chi connectivity index (χ0v) is 9.07. The highest BCUT2D eigenvalue weighted by Gasteiger charge is 2.53. The number of hydrogen-bond acceptors (Lipinski definition) is 3. The van der Waals surface area contributed by atoms with Crippen LogP contribution in [0.2, 0.25) is 0 Å². The van der Waals surface area contributed by atoms with Crippen molar-refractivity contribution in [2.75, 3.05) is 18.5 Å². The Morgan fingerprint density at radius 2 is 2.00 bits per heavy atom. The molecular formula is C11H9F2NO4. The zero-order valence-electron chi connectivity index (χ0n) is 9.07. The number of halogens is 2. The van der Waals surface area contributed by atoms with E-state index >= 15 is 0 Å². The summed E-state index contributed by atoms with van der Waals surface area (Å²) in [6.45, 7) is -0.534. The van der Waals surface area contributed by atoms with E-state index in [0.29, 0.717) is 6.07 Å². The highest BCUT2D eigenvalue weighted by Crippen LogP contribution is 2.30. The highest BCUT2D eigenvalue weighted by atomic mass is 19.1. The normalized spacial score (nSPS) is 16.8. The van der Waals surface area contributed by atoms with Gasteiger partial charge in [0, 0.05) is 6.07 Å². The first-order valence-corrected chi connectivity index (χ1v) is 5.03. The van der Waals surface area contributed by atoms with Gasteiger partial charge in [-0.05, 0) is 12.1 Å². The van der Waals surface area contributed by atoms with Crippen LogP contribution in [0.25, 0.3) is 0 Å². The van der Waals surface area contributed by atoms with Gasteiger partial charge in [0.25, 0.3) is 0 Å². The number of rotatable bonds is 3. The van der Waals surface area contributed by atoms with Gasteiger partial charge in [-0.1, -0.05) is 0 Å². The average Bonchev–Trinajstić information content (AvgIpc) is 2.19. The molecule has 0 radical (unpaired) electrons. The molecule has 0 aliphatic carbocycles. The highest BCUT2D eigenvalue weighted by molar-refractivity contribution is 6.09. The Balaban J connectivity index is 2.19. The van der Waals surface area contributed by atoms with E-state index in [-0.39, 0.29) is 18.9 Å². The molecule has 0 aromatic heterocycles. The third-order valence-corrected chi connectivity index (χ3v) is 2.72. The van der Waals surface area contributed by atoms with Crippen LogP contribution < -0.4 is 5.32 Å². The SMILES string of the molecule is O=C(O)C1(C(=O)Nc2ccc(F)cc2F)COC1. The molecule has 0 unspecified atom stereocenters. The molecule has 1 heterocycles. The first-order valence-electron chi connectivity index (χ1n) is 5.03. The molecule has 7 heteroatoms. The second-order valence-corrected chi connectivity index (χ2v) is 3.96. The minimum atomic E-state index is -1.69. The summed E-state index contributed by atoms with van der Waals surface area (Å²) in [5.41, 5.74) is -1.96. The Bertz CT molecular complexity index is 514. The molecule has 1 saturated heterocycles. The summed E-state index contributed by atoms with van der Waals surface area (Å²) < 4.78 is 30.7. The standard InChI is InChI=1S/C11H9F2NO4/c12-6-1-2-8(7(13)3-6)14-9(15)11(10(16)17)4-18-5-11/h1-3H,4-5H2,(H,14,15)(H,16,17). The summed E-state index contributed by atoms with van der Waals surface area (Å²) in [5, 5.41) is 11.1. The van der Waals surface area contributed by atoms with E-state index in [1.807, 2.05) is 0 Å². The van der Waals surface area contributed by atoms with E-state index in [1.165, 1.54) is 0 Å². The van der Waals surface area contributed by atoms with Crippen molar-refractivity contribution in [2.45, 2.75) is 0 Å². The van der Waals surface area contributed by atoms with E-state index in [0.717, 1.165) is 12.1 Å². The number of carbonyl (C=O) groups is 2. The number of benzene rings is 1. The third kappa shape index (κ3) is 1.92. The second-order valence-electron chi connectivity index (χ2n) is 3.96. The molecule has 1 amide bonds. The molecule has 96 valence electrons. The van der Waals surface area contributed by atoms with Crippen molar-refractivity contribution in [3.63, 3.8) is 0 Å². The van der Waals surface area contributed by atoms with Gasteiger partial charge in [0.05, 0.1) is 18.9 Å². The largest absolute Gasteiger partial charge is 0.480 e. The lowest BCUT2D eigenvalue weighted by Gasteiger charge is -2.35. The number of aliphatic carboxylic acids is 1. The molecule has 0 atom stereocenters. The molecule has 0 saturated carbocycles. The van der Waals surface area contributed by atoms with Gasteiger partial charge in [0.15, 0.2) is 5.41 Å². The molecule has 0 spiro atoms. The maximum absolute atomic E-state index is 13.3. The number of ether oxygens (including phenoxy) is 1. The van der Waals surface area contributed by atoms with Gasteiger partial charge in [0.2, 0.25) is 5.91 Å². The van der Waals surface area contributed by atoms with Gasteiger partial charge in [-0.2, -0.15) is 0 Å². The second kappa shape index (κ2) is 4.34. The Kier molecular flexibility index (Phi) is 3.00. The lowest BCUT2D eigenvalue weighted by atomic mass is 9.85. The summed E-state index contributed by atoms with van der Waals surface area (Å²) >= 11 is 0. The van der Waals surface area contributed by atoms with Crippen LogP contribution in [0.1, 0.15) is 0 Å². The molecule has 1 aliphatic heterocycles. The van der Waals surface area contributed by atoms with Crippen LogP contribution in [0, 0.1) is 17.0 Å². The third-order valence-electron chi connectivity index (χ3n) is 2.72. The molecule has 0 bridgehead atoms. The fourth-order valence-electron chi connectivity index (χ4n) is 1.49. The van der Waals surface area contributed by atoms with Crippen LogP contribution in [0.5, 0.6) is 0 Å². The van der Waals surface area contributed by atoms with Crippen molar-refractivity contribution < 1.29 is 28.2 Å². The molecule has 1 aliphatic rings. The number of nitrogens with one attached hydrogen (secondary N) is 1. The predicted octanol–water partition coefficient (Wildman–Crippen LogP) is 1.00. The smallest absolute Gasteiger partial charge is 0.324 e. The molecule has 2 rings (SSSR count). The summed E-state index contributed by atoms with van der Waals surface area (Å²) in [5.74, 6) is -3.98. The molecule has 2 N–H and O–H groups in total. The molecule has 1 fully saturated rings. The summed E-state index contributed by atoms with van der Waals surface area (Å²) in [7, 11) is 0. The van der Waals surface area contributed by atoms with Gasteiger partial charge in [0.1, 0.15) is 11.6 Å². The Labute approximate surface area is 100 Å². The van der Waals surface area contributed by atoms with Crippen LogP contribution >= 0.6 is 0 Å². The first kappa shape index (κ1) is 12.4. The van der Waals surface area contributed by atoms with Crippen molar-refractivity contribution in [3.05, 3.63) is 29.8 Å². The Hall–Kier alpha value is -2.02. The van der Waals surface area contributed by atoms with Crippen LogP contribution in [0.3, 0.4) is 0 Å². The van der Waals surface area contributed by atoms with Crippen LogP contribution in [-0.2, 0) is 14.3 Å². The van der Waals surface area contributed by atoms with Crippen LogP contribution in [-0.4, -0.2) is 30.2 Å². The number of amides is 1. The molecule has 1 aromatic carbocycles. The van der Waals surface area contributed by atoms with Gasteiger partial charge < -0.3 is 15.2 Å². The van der Waals surface area contributed by atoms with Crippen molar-refractivity contribution in [1.29, 1.82) is 0 Å². The maximum atomic E-state index is 13.3. The number of anilines is 1. The number of carboxylic acid groups (broad SMARTS) is 1. The van der Waals surface area contributed by atoms with E-state index in [4.69, 9.17) is 9.84 Å². The van der Waals surface area contributed by atoms with Gasteiger partial charge in [-0.25, -0.2) is 8.78 Å². The Morgan fingerprint density at radius 3 is 2.44 bits per heavy atom. The van der Waals surface area contributed by atoms with Gasteiger partial charge in [-0.15, -0.1) is 0 Å². The van der Waals surface area contributed by atoms with E-state index in [1.54, 1.807) is 0 Å². The zero-order chi connectivity index (χ0) is 13.3. The van der Waals surface area contributed by atoms with Crippen molar-refractivity contribution in [3.8, 4) is 0 Å². The van der Waals surface area contributed by atoms with E-state index in [9.17, 15) is 18.4 Å². The average molecular weight is 257 g/mol. The molecular weight excluding hydrogens is 248 g/mol. The van der Waals surface area contributed by atoms with Crippen molar-refractivity contribution >= 4 is 17.6 Å². The quantitative estimate of drug-likeness (QED) is 0.792. The van der Waals surface area contributed by atoms with Gasteiger partial charge >= 0.3 is 5.97 Å². The monoisotopic (exact) mass is 257 g/mol. The number of carboxylic acids is 1. The van der Waals surface area contributed by atoms with Crippen LogP contribution in [0.4, 0.5) is 14.5 Å². The first-order chi connectivity index (χ1) is 8.45. The van der Waals surface area contributed by atoms with E-state index < -0.39 is 28.9 Å². The van der Waals surface area contributed by atoms with Crippen molar-refractivity contribution in [2.24, 2.45) is 5.41 Å². The number of hydrogen-bond donors (Lipinski definition) is 2. The maximum Gasteiger partial charge on any atom is 0.324 e. The fraction of sp³-hybridized carbons (Fsp3) is 0.273. The Morgan fingerprint density at radius 1 is 1.33 bits per heavy atom. The molecule has 1 aromatic rings. The minimum Gasteiger partial charge on any atom is -0.480 e. The summed E-state index contributed by atoms with van der Waals surface area (Å²) in [4.78, 5) is 22.7. The predicted molar refractivity (Wildman–Crippen MR) is 55.9 cm³/mol. The topological polar surface area (TPSA) is 75.6 Å². The molecule has 18 heavy (non-hydrogen) atoms. The lowest BCUT2D eigenvalue weighted by molar-refractivity contribution is -0.182.